The van der Waals surface area contributed by atoms with E-state index in [9.17, 15) is 14.7 Å². The number of fused-ring (bicyclic) bond motifs is 2. The fourth-order valence-corrected chi connectivity index (χ4v) is 14.7. The molecule has 5 aliphatic carbocycles. The third-order valence-corrected chi connectivity index (χ3v) is 16.8. The quantitative estimate of drug-likeness (QED) is 0.0802. The number of likely N-dealkylation sites (tertiary alicyclic amines) is 1. The van der Waals surface area contributed by atoms with E-state index < -0.39 is 40.7 Å². The van der Waals surface area contributed by atoms with Crippen molar-refractivity contribution in [2.45, 2.75) is 171 Å². The third kappa shape index (κ3) is 7.54. The highest BCUT2D eigenvalue weighted by atomic mass is 16.6. The number of nitrogens with zero attached hydrogens (tertiary/aromatic N) is 1. The summed E-state index contributed by atoms with van der Waals surface area (Å²) in [7, 11) is 8.60. The Morgan fingerprint density at radius 3 is 1.98 bits per heavy atom. The van der Waals surface area contributed by atoms with E-state index in [-0.39, 0.29) is 47.4 Å². The molecule has 7 bridgehead atoms. The second-order valence-corrected chi connectivity index (χ2v) is 19.5. The van der Waals surface area contributed by atoms with E-state index >= 15 is 0 Å². The van der Waals surface area contributed by atoms with Crippen LogP contribution in [0.2, 0.25) is 0 Å². The molecule has 0 amide bonds. The van der Waals surface area contributed by atoms with E-state index in [0.717, 1.165) is 45.2 Å². The lowest BCUT2D eigenvalue weighted by molar-refractivity contribution is -0.287. The van der Waals surface area contributed by atoms with Gasteiger partial charge in [0.2, 0.25) is 0 Å². The van der Waals surface area contributed by atoms with Crippen LogP contribution < -0.4 is 4.74 Å². The topological polar surface area (TPSA) is 122 Å². The molecule has 60 heavy (non-hydrogen) atoms. The molecule has 0 aromatic heterocycles. The third-order valence-electron chi connectivity index (χ3n) is 16.8. The van der Waals surface area contributed by atoms with Gasteiger partial charge in [0.05, 0.1) is 37.6 Å². The standard InChI is InChI=1S/C49H77NO10/c1-8-10-11-12-13-14-15-16-17-18-19-20-21-22-38(51)60-48-30-37(57-6)47(53)29-35(39(48)44(47)59-45(52)33-23-25-34(55-4)26-24-33)49-36(56-5)27-28-46(32-54-3)31-50(9-2)43(49)40(48)41(58-7)42(46)49/h23-26,35-37,39-44,53H,8-22,27-32H2,1-7H3/t35-,36?,37+,39-,40+,41+,42-,43-,44-,46+,47-,48-,49+/m1/s1. The van der Waals surface area contributed by atoms with Gasteiger partial charge in [-0.3, -0.25) is 9.69 Å². The highest BCUT2D eigenvalue weighted by Crippen LogP contribution is 2.80. The molecule has 1 heterocycles. The predicted molar refractivity (Wildman–Crippen MR) is 229 cm³/mol. The molecule has 6 aliphatic rings. The number of unbranched alkanes of at least 4 members (excludes halogenated alkanes) is 12. The highest BCUT2D eigenvalue weighted by Gasteiger charge is 2.89. The minimum absolute atomic E-state index is 0.0000281. The summed E-state index contributed by atoms with van der Waals surface area (Å²) in [5.74, 6) is -1.19. The number of esters is 2. The van der Waals surface area contributed by atoms with Gasteiger partial charge in [-0.15, -0.1) is 0 Å². The van der Waals surface area contributed by atoms with Crippen molar-refractivity contribution < 1.29 is 47.9 Å². The van der Waals surface area contributed by atoms with Crippen molar-refractivity contribution in [3.05, 3.63) is 29.8 Å². The van der Waals surface area contributed by atoms with Crippen LogP contribution in [0.1, 0.15) is 140 Å². The van der Waals surface area contributed by atoms with Gasteiger partial charge < -0.3 is 38.3 Å². The summed E-state index contributed by atoms with van der Waals surface area (Å²) in [6, 6.07) is 6.77. The maximum absolute atomic E-state index is 14.5. The molecule has 1 spiro atoms. The minimum Gasteiger partial charge on any atom is -0.497 e. The first kappa shape index (κ1) is 45.7. The normalized spacial score (nSPS) is 38.5. The number of ether oxygens (including phenoxy) is 7. The lowest BCUT2D eigenvalue weighted by Gasteiger charge is -2.69. The Labute approximate surface area is 360 Å². The second kappa shape index (κ2) is 19.2. The first-order chi connectivity index (χ1) is 29.1. The van der Waals surface area contributed by atoms with Gasteiger partial charge in [0.25, 0.3) is 0 Å². The number of piperidine rings is 1. The first-order valence-corrected chi connectivity index (χ1v) is 23.7. The second-order valence-electron chi connectivity index (χ2n) is 19.5. The Morgan fingerprint density at radius 1 is 0.783 bits per heavy atom. The van der Waals surface area contributed by atoms with Gasteiger partial charge in [-0.05, 0) is 62.4 Å². The fraction of sp³-hybridized carbons (Fsp3) is 0.837. The van der Waals surface area contributed by atoms with Crippen molar-refractivity contribution in [3.63, 3.8) is 0 Å². The summed E-state index contributed by atoms with van der Waals surface area (Å²) in [5, 5.41) is 13.1. The molecule has 7 rings (SSSR count). The van der Waals surface area contributed by atoms with E-state index in [0.29, 0.717) is 37.2 Å². The van der Waals surface area contributed by atoms with Crippen LogP contribution in [0.4, 0.5) is 0 Å². The van der Waals surface area contributed by atoms with Crippen LogP contribution in [0, 0.1) is 34.5 Å². The van der Waals surface area contributed by atoms with Crippen LogP contribution in [-0.2, 0) is 33.2 Å². The van der Waals surface area contributed by atoms with Gasteiger partial charge in [0.1, 0.15) is 23.1 Å². The van der Waals surface area contributed by atoms with Gasteiger partial charge in [-0.25, -0.2) is 4.79 Å². The molecule has 11 nitrogen and oxygen atoms in total. The van der Waals surface area contributed by atoms with Gasteiger partial charge in [0.15, 0.2) is 0 Å². The van der Waals surface area contributed by atoms with Gasteiger partial charge in [0, 0.05) is 82.5 Å². The molecule has 1 aliphatic heterocycles. The van der Waals surface area contributed by atoms with Gasteiger partial charge >= 0.3 is 11.9 Å². The summed E-state index contributed by atoms with van der Waals surface area (Å²) in [6.45, 7) is 6.68. The van der Waals surface area contributed by atoms with Crippen LogP contribution in [0.25, 0.3) is 0 Å². The molecule has 13 atom stereocenters. The SMILES string of the molecule is CCCCCCCCCCCCCCCC(=O)O[C@]12C[C@H](OC)[C@]3(O)C[C@H]([C@@H]1[C@H]3OC(=O)c1ccc(OC)cc1)[C@@]13C(OC)CC[C@@]4(COC)CN(CC)[C@@H]1[C@@H]2[C@H](OC)[C@H]43. The lowest BCUT2D eigenvalue weighted by Crippen LogP contribution is -2.77. The van der Waals surface area contributed by atoms with Crippen molar-refractivity contribution in [2.24, 2.45) is 34.5 Å². The van der Waals surface area contributed by atoms with Crippen LogP contribution in [0.3, 0.4) is 0 Å². The van der Waals surface area contributed by atoms with Crippen LogP contribution >= 0.6 is 0 Å². The summed E-state index contributed by atoms with van der Waals surface area (Å²) in [6.07, 6.45) is 16.4. The number of carbonyl (C=O) groups is 2. The van der Waals surface area contributed by atoms with E-state index in [1.54, 1.807) is 52.7 Å². The molecule has 5 saturated carbocycles. The minimum atomic E-state index is -1.52. The predicted octanol–water partition coefficient (Wildman–Crippen LogP) is 8.18. The maximum atomic E-state index is 14.5. The molecule has 1 N–H and O–H groups in total. The Morgan fingerprint density at radius 2 is 1.42 bits per heavy atom. The number of benzene rings is 1. The molecule has 338 valence electrons. The Balaban J connectivity index is 1.20. The largest absolute Gasteiger partial charge is 0.497 e. The zero-order valence-corrected chi connectivity index (χ0v) is 37.9. The summed E-state index contributed by atoms with van der Waals surface area (Å²) < 4.78 is 44.9. The molecule has 1 aromatic rings. The molecule has 0 radical (unpaired) electrons. The molecular formula is C49H77NO10. The number of hydrogen-bond donors (Lipinski definition) is 1. The van der Waals surface area contributed by atoms with Crippen molar-refractivity contribution in [1.82, 2.24) is 4.90 Å². The van der Waals surface area contributed by atoms with E-state index in [4.69, 9.17) is 33.2 Å². The van der Waals surface area contributed by atoms with Crippen LogP contribution in [-0.4, -0.2) is 119 Å². The van der Waals surface area contributed by atoms with Gasteiger partial charge in [-0.2, -0.15) is 0 Å². The van der Waals surface area contributed by atoms with Crippen molar-refractivity contribution in [3.8, 4) is 5.75 Å². The zero-order chi connectivity index (χ0) is 42.7. The summed E-state index contributed by atoms with van der Waals surface area (Å²) in [5.41, 5.74) is -3.06. The summed E-state index contributed by atoms with van der Waals surface area (Å²) in [4.78, 5) is 31.4. The number of aliphatic hydroxyl groups is 1. The molecule has 11 heteroatoms. The van der Waals surface area contributed by atoms with Crippen LogP contribution in [0.15, 0.2) is 24.3 Å². The van der Waals surface area contributed by atoms with Crippen molar-refractivity contribution >= 4 is 11.9 Å². The van der Waals surface area contributed by atoms with E-state index in [2.05, 4.69) is 18.7 Å². The molecule has 1 saturated heterocycles. The molecule has 6 fully saturated rings. The van der Waals surface area contributed by atoms with E-state index in [1.165, 1.54) is 64.2 Å². The number of hydrogen-bond acceptors (Lipinski definition) is 11. The Kier molecular flexibility index (Phi) is 14.7. The lowest BCUT2D eigenvalue weighted by atomic mass is 9.43. The highest BCUT2D eigenvalue weighted by molar-refractivity contribution is 5.89. The summed E-state index contributed by atoms with van der Waals surface area (Å²) >= 11 is 0. The molecular weight excluding hydrogens is 763 g/mol. The number of carbonyl (C=O) groups excluding carboxylic acids is 2. The Bertz CT molecular complexity index is 1590. The molecule has 1 unspecified atom stereocenters. The first-order valence-electron chi connectivity index (χ1n) is 23.7. The average Bonchev–Trinajstić information content (AvgIpc) is 3.63. The number of rotatable bonds is 24. The maximum Gasteiger partial charge on any atom is 0.338 e. The average molecular weight is 840 g/mol. The smallest absolute Gasteiger partial charge is 0.338 e. The van der Waals surface area contributed by atoms with E-state index in [1.807, 2.05) is 7.11 Å². The van der Waals surface area contributed by atoms with Crippen LogP contribution in [0.5, 0.6) is 5.75 Å². The van der Waals surface area contributed by atoms with Crippen molar-refractivity contribution in [1.29, 1.82) is 0 Å². The fourth-order valence-electron chi connectivity index (χ4n) is 14.7. The van der Waals surface area contributed by atoms with Gasteiger partial charge in [-0.1, -0.05) is 90.9 Å². The van der Waals surface area contributed by atoms with Crippen molar-refractivity contribution in [2.75, 3.05) is 55.2 Å². The monoisotopic (exact) mass is 840 g/mol. The number of methoxy groups -OCH3 is 5. The molecule has 1 aromatic carbocycles. The Hall–Kier alpha value is -2.28. The zero-order valence-electron chi connectivity index (χ0n) is 37.9.